The number of hydrogen-bond acceptors (Lipinski definition) is 4. The molecule has 1 amide bonds. The van der Waals surface area contributed by atoms with Crippen molar-refractivity contribution >= 4 is 16.7 Å². The van der Waals surface area contributed by atoms with Gasteiger partial charge < -0.3 is 4.90 Å². The van der Waals surface area contributed by atoms with Crippen LogP contribution in [-0.4, -0.2) is 43.3 Å². The summed E-state index contributed by atoms with van der Waals surface area (Å²) < 4.78 is 12.4. The summed E-state index contributed by atoms with van der Waals surface area (Å²) in [5.41, 5.74) is 1.62. The molecule has 7 heteroatoms. The summed E-state index contributed by atoms with van der Waals surface area (Å²) in [5, 5.41) is 7.33. The molecule has 0 unspecified atom stereocenters. The monoisotopic (exact) mass is 344 g/mol. The maximum atomic E-state index is 12.4. The van der Waals surface area contributed by atoms with Gasteiger partial charge in [0.15, 0.2) is 0 Å². The van der Waals surface area contributed by atoms with Crippen LogP contribution in [-0.2, 0) is 16.6 Å². The van der Waals surface area contributed by atoms with E-state index in [2.05, 4.69) is 15.2 Å². The lowest BCUT2D eigenvalue weighted by Crippen LogP contribution is -2.27. The van der Waals surface area contributed by atoms with Crippen molar-refractivity contribution in [2.45, 2.75) is 42.5 Å². The Morgan fingerprint density at radius 2 is 1.92 bits per heavy atom. The molecular formula is C17H20N4O2S. The fourth-order valence-corrected chi connectivity index (χ4v) is 3.93. The van der Waals surface area contributed by atoms with E-state index in [9.17, 15) is 9.00 Å². The third kappa shape index (κ3) is 3.26. The van der Waals surface area contributed by atoms with Crippen molar-refractivity contribution in [2.24, 2.45) is 0 Å². The Morgan fingerprint density at radius 1 is 1.21 bits per heavy atom. The fraction of sp³-hybridized carbons (Fsp3) is 0.471. The molecule has 1 aliphatic heterocycles. The molecule has 2 heterocycles. The number of benzene rings is 1. The smallest absolute Gasteiger partial charge is 0.253 e. The molecule has 4 rings (SSSR count). The Hall–Kier alpha value is -2.02. The number of aromatic amines is 1. The number of likely N-dealkylation sites (tertiary alicyclic amines) is 1. The van der Waals surface area contributed by atoms with Gasteiger partial charge in [-0.05, 0) is 43.4 Å². The molecule has 0 spiro atoms. The molecule has 0 radical (unpaired) electrons. The van der Waals surface area contributed by atoms with E-state index in [4.69, 9.17) is 0 Å². The molecule has 1 saturated heterocycles. The first kappa shape index (κ1) is 15.5. The number of carbonyl (C=O) groups excluding carboxylic acids is 1. The van der Waals surface area contributed by atoms with Crippen LogP contribution in [0.25, 0.3) is 0 Å². The Labute approximate surface area is 143 Å². The van der Waals surface area contributed by atoms with E-state index < -0.39 is 10.8 Å². The zero-order chi connectivity index (χ0) is 16.5. The van der Waals surface area contributed by atoms with E-state index in [1.165, 1.54) is 0 Å². The summed E-state index contributed by atoms with van der Waals surface area (Å²) in [6.45, 7) is 1.69. The van der Waals surface area contributed by atoms with Crippen LogP contribution in [0.15, 0.2) is 29.4 Å². The third-order valence-electron chi connectivity index (χ3n) is 4.54. The minimum absolute atomic E-state index is 0.0863. The third-order valence-corrected chi connectivity index (χ3v) is 5.73. The van der Waals surface area contributed by atoms with E-state index in [0.29, 0.717) is 22.4 Å². The van der Waals surface area contributed by atoms with Gasteiger partial charge in [0.25, 0.3) is 5.91 Å². The lowest BCUT2D eigenvalue weighted by molar-refractivity contribution is 0.0793. The highest BCUT2D eigenvalue weighted by atomic mass is 32.2. The molecule has 1 aromatic carbocycles. The van der Waals surface area contributed by atoms with Crippen molar-refractivity contribution in [3.8, 4) is 0 Å². The van der Waals surface area contributed by atoms with Gasteiger partial charge in [0.2, 0.25) is 5.16 Å². The first-order valence-electron chi connectivity index (χ1n) is 8.39. The number of hydrogen-bond donors (Lipinski definition) is 1. The van der Waals surface area contributed by atoms with Crippen LogP contribution in [0.1, 0.15) is 53.3 Å². The second-order valence-corrected chi connectivity index (χ2v) is 7.81. The summed E-state index contributed by atoms with van der Waals surface area (Å²) in [6.07, 6.45) is 4.44. The van der Waals surface area contributed by atoms with Crippen molar-refractivity contribution in [3.05, 3.63) is 41.2 Å². The fourth-order valence-electron chi connectivity index (χ4n) is 2.96. The van der Waals surface area contributed by atoms with Crippen LogP contribution < -0.4 is 0 Å². The second kappa shape index (κ2) is 6.47. The van der Waals surface area contributed by atoms with Crippen LogP contribution in [0.5, 0.6) is 0 Å². The summed E-state index contributed by atoms with van der Waals surface area (Å²) in [6, 6.07) is 7.38. The van der Waals surface area contributed by atoms with Crippen LogP contribution in [0.4, 0.5) is 0 Å². The predicted octanol–water partition coefficient (Wildman–Crippen LogP) is 2.23. The molecule has 1 saturated carbocycles. The van der Waals surface area contributed by atoms with E-state index in [-0.39, 0.29) is 5.91 Å². The molecule has 2 aromatic rings. The van der Waals surface area contributed by atoms with Crippen molar-refractivity contribution in [3.63, 3.8) is 0 Å². The number of rotatable bonds is 5. The number of nitrogens with zero attached hydrogens (tertiary/aromatic N) is 3. The van der Waals surface area contributed by atoms with Crippen LogP contribution in [0, 0.1) is 0 Å². The Kier molecular flexibility index (Phi) is 4.18. The highest BCUT2D eigenvalue weighted by molar-refractivity contribution is 7.84. The number of H-pyrrole nitrogens is 1. The molecule has 2 fully saturated rings. The molecule has 1 aliphatic carbocycles. The zero-order valence-electron chi connectivity index (χ0n) is 13.4. The van der Waals surface area contributed by atoms with E-state index >= 15 is 0 Å². The molecule has 24 heavy (non-hydrogen) atoms. The minimum Gasteiger partial charge on any atom is -0.339 e. The first-order chi connectivity index (χ1) is 11.7. The summed E-state index contributed by atoms with van der Waals surface area (Å²) >= 11 is 0. The molecule has 0 bridgehead atoms. The van der Waals surface area contributed by atoms with Gasteiger partial charge in [-0.25, -0.2) is 4.98 Å². The summed E-state index contributed by atoms with van der Waals surface area (Å²) in [4.78, 5) is 18.5. The average molecular weight is 344 g/mol. The quantitative estimate of drug-likeness (QED) is 0.902. The molecular weight excluding hydrogens is 324 g/mol. The van der Waals surface area contributed by atoms with Gasteiger partial charge in [-0.1, -0.05) is 12.1 Å². The normalized spacial score (nSPS) is 18.8. The highest BCUT2D eigenvalue weighted by Gasteiger charge is 2.28. The van der Waals surface area contributed by atoms with Gasteiger partial charge in [0.05, 0.1) is 16.6 Å². The van der Waals surface area contributed by atoms with Gasteiger partial charge in [0, 0.05) is 24.6 Å². The van der Waals surface area contributed by atoms with Crippen LogP contribution in [0.3, 0.4) is 0 Å². The van der Waals surface area contributed by atoms with Crippen molar-refractivity contribution < 1.29 is 9.00 Å². The minimum atomic E-state index is -1.27. The maximum Gasteiger partial charge on any atom is 0.253 e. The van der Waals surface area contributed by atoms with Gasteiger partial charge in [-0.3, -0.25) is 14.1 Å². The zero-order valence-corrected chi connectivity index (χ0v) is 14.2. The lowest BCUT2D eigenvalue weighted by atomic mass is 10.1. The number of carbonyl (C=O) groups is 1. The lowest BCUT2D eigenvalue weighted by Gasteiger charge is -2.15. The summed E-state index contributed by atoms with van der Waals surface area (Å²) in [7, 11) is -1.27. The molecule has 1 atom stereocenters. The van der Waals surface area contributed by atoms with Gasteiger partial charge in [-0.15, -0.1) is 5.10 Å². The Bertz CT molecular complexity index is 761. The van der Waals surface area contributed by atoms with Gasteiger partial charge in [-0.2, -0.15) is 0 Å². The molecule has 1 aromatic heterocycles. The second-order valence-electron chi connectivity index (χ2n) is 6.46. The molecule has 1 N–H and O–H groups in total. The van der Waals surface area contributed by atoms with Crippen molar-refractivity contribution in [1.29, 1.82) is 0 Å². The molecule has 2 aliphatic rings. The highest BCUT2D eigenvalue weighted by Crippen LogP contribution is 2.37. The van der Waals surface area contributed by atoms with Crippen molar-refractivity contribution in [1.82, 2.24) is 20.1 Å². The SMILES string of the molecule is O=C(c1ccc(C[S@](=O)c2n[nH]c(C3CC3)n2)cc1)N1CCCC1. The largest absolute Gasteiger partial charge is 0.339 e. The summed E-state index contributed by atoms with van der Waals surface area (Å²) in [5.74, 6) is 1.77. The van der Waals surface area contributed by atoms with E-state index in [0.717, 1.165) is 50.2 Å². The molecule has 126 valence electrons. The Morgan fingerprint density at radius 3 is 2.58 bits per heavy atom. The van der Waals surface area contributed by atoms with Gasteiger partial charge >= 0.3 is 0 Å². The standard InChI is InChI=1S/C17H20N4O2S/c22-16(21-9-1-2-10-21)14-5-3-12(4-6-14)11-24(23)17-18-15(19-20-17)13-7-8-13/h3-6,13H,1-2,7-11H2,(H,18,19,20)/t24-/m0/s1. The predicted molar refractivity (Wildman–Crippen MR) is 90.0 cm³/mol. The van der Waals surface area contributed by atoms with E-state index in [1.54, 1.807) is 0 Å². The van der Waals surface area contributed by atoms with Crippen molar-refractivity contribution in [2.75, 3.05) is 13.1 Å². The van der Waals surface area contributed by atoms with Crippen LogP contribution in [0.2, 0.25) is 0 Å². The first-order valence-corrected chi connectivity index (χ1v) is 9.71. The number of nitrogens with one attached hydrogen (secondary N) is 1. The van der Waals surface area contributed by atoms with E-state index in [1.807, 2.05) is 29.2 Å². The number of amides is 1. The van der Waals surface area contributed by atoms with Gasteiger partial charge in [0.1, 0.15) is 5.82 Å². The maximum absolute atomic E-state index is 12.4. The topological polar surface area (TPSA) is 79.0 Å². The average Bonchev–Trinajstić information content (AvgIpc) is 3.12. The van der Waals surface area contributed by atoms with Crippen LogP contribution >= 0.6 is 0 Å². The number of aromatic nitrogens is 3. The Balaban J connectivity index is 1.40. The molecule has 6 nitrogen and oxygen atoms in total.